The summed E-state index contributed by atoms with van der Waals surface area (Å²) in [5.41, 5.74) is 0.839. The molecule has 0 radical (unpaired) electrons. The molecule has 0 atom stereocenters. The molecule has 0 unspecified atom stereocenters. The van der Waals surface area contributed by atoms with Crippen LogP contribution in [0.25, 0.3) is 0 Å². The predicted molar refractivity (Wildman–Crippen MR) is 59.8 cm³/mol. The molecular formula is C12H15NO2. The normalized spacial score (nSPS) is 9.73. The minimum atomic E-state index is -0.142. The Kier molecular flexibility index (Phi) is 4.03. The zero-order valence-electron chi connectivity index (χ0n) is 9.06. The Balaban J connectivity index is 2.80. The molecule has 1 aromatic rings. The van der Waals surface area contributed by atoms with E-state index in [1.54, 1.807) is 4.90 Å². The summed E-state index contributed by atoms with van der Waals surface area (Å²) in [7, 11) is 0. The number of Topliss-reactive ketones (excluding diaryl/α,β-unsaturated/α-hetero) is 1. The molecule has 80 valence electrons. The second-order valence-electron chi connectivity index (χ2n) is 3.35. The average molecular weight is 205 g/mol. The number of benzene rings is 1. The molecule has 1 amide bonds. The fraction of sp³-hybridized carbons (Fsp3) is 0.333. The Morgan fingerprint density at radius 3 is 2.27 bits per heavy atom. The average Bonchev–Trinajstić information content (AvgIpc) is 2.19. The van der Waals surface area contributed by atoms with Gasteiger partial charge in [-0.2, -0.15) is 0 Å². The van der Waals surface area contributed by atoms with Crippen molar-refractivity contribution in [3.05, 3.63) is 30.3 Å². The molecule has 15 heavy (non-hydrogen) atoms. The number of rotatable bonds is 4. The molecule has 0 spiro atoms. The maximum atomic E-state index is 11.7. The van der Waals surface area contributed by atoms with Gasteiger partial charge >= 0.3 is 0 Å². The highest BCUT2D eigenvalue weighted by molar-refractivity contribution is 6.04. The number of amides is 1. The smallest absolute Gasteiger partial charge is 0.234 e. The van der Waals surface area contributed by atoms with Crippen LogP contribution in [0.4, 0.5) is 5.69 Å². The largest absolute Gasteiger partial charge is 0.312 e. The van der Waals surface area contributed by atoms with Crippen LogP contribution in [0, 0.1) is 0 Å². The highest BCUT2D eigenvalue weighted by Gasteiger charge is 2.14. The van der Waals surface area contributed by atoms with Crippen LogP contribution >= 0.6 is 0 Å². The number of carbonyl (C=O) groups excluding carboxylic acids is 2. The Hall–Kier alpha value is -1.64. The second kappa shape index (κ2) is 5.29. The quantitative estimate of drug-likeness (QED) is 0.705. The monoisotopic (exact) mass is 205 g/mol. The number of nitrogens with zero attached hydrogens (tertiary/aromatic N) is 1. The lowest BCUT2D eigenvalue weighted by molar-refractivity contribution is -0.125. The van der Waals surface area contributed by atoms with Crippen LogP contribution < -0.4 is 4.90 Å². The fourth-order valence-corrected chi connectivity index (χ4v) is 1.42. The van der Waals surface area contributed by atoms with Crippen LogP contribution in [-0.4, -0.2) is 18.2 Å². The third-order valence-electron chi connectivity index (χ3n) is 2.09. The lowest BCUT2D eigenvalue weighted by atomic mass is 10.2. The van der Waals surface area contributed by atoms with E-state index in [0.717, 1.165) is 5.69 Å². The van der Waals surface area contributed by atoms with Gasteiger partial charge in [-0.1, -0.05) is 18.2 Å². The van der Waals surface area contributed by atoms with Crippen molar-refractivity contribution >= 4 is 17.4 Å². The highest BCUT2D eigenvalue weighted by Crippen LogP contribution is 2.13. The molecular weight excluding hydrogens is 190 g/mol. The molecule has 0 aliphatic heterocycles. The van der Waals surface area contributed by atoms with Crippen molar-refractivity contribution < 1.29 is 9.59 Å². The van der Waals surface area contributed by atoms with Gasteiger partial charge in [0.2, 0.25) is 5.91 Å². The zero-order chi connectivity index (χ0) is 11.3. The summed E-state index contributed by atoms with van der Waals surface area (Å²) < 4.78 is 0. The Morgan fingerprint density at radius 2 is 1.80 bits per heavy atom. The summed E-state index contributed by atoms with van der Waals surface area (Å²) in [6.07, 6.45) is -0.0251. The third-order valence-corrected chi connectivity index (χ3v) is 2.09. The van der Waals surface area contributed by atoms with Crippen LogP contribution in [-0.2, 0) is 9.59 Å². The van der Waals surface area contributed by atoms with Gasteiger partial charge in [-0.15, -0.1) is 0 Å². The van der Waals surface area contributed by atoms with E-state index in [1.807, 2.05) is 37.3 Å². The molecule has 1 aromatic carbocycles. The fourth-order valence-electron chi connectivity index (χ4n) is 1.42. The molecule has 0 saturated carbocycles. The van der Waals surface area contributed by atoms with Crippen molar-refractivity contribution in [3.8, 4) is 0 Å². The number of hydrogen-bond acceptors (Lipinski definition) is 2. The van der Waals surface area contributed by atoms with Gasteiger partial charge in [0, 0.05) is 12.2 Å². The van der Waals surface area contributed by atoms with Gasteiger partial charge in [-0.05, 0) is 26.0 Å². The van der Waals surface area contributed by atoms with Gasteiger partial charge < -0.3 is 4.90 Å². The predicted octanol–water partition coefficient (Wildman–Crippen LogP) is 2.02. The van der Waals surface area contributed by atoms with Crippen molar-refractivity contribution in [1.82, 2.24) is 0 Å². The van der Waals surface area contributed by atoms with E-state index in [-0.39, 0.29) is 18.1 Å². The number of carbonyl (C=O) groups is 2. The van der Waals surface area contributed by atoms with Crippen molar-refractivity contribution in [2.24, 2.45) is 0 Å². The zero-order valence-corrected chi connectivity index (χ0v) is 9.06. The van der Waals surface area contributed by atoms with Crippen LogP contribution in [0.5, 0.6) is 0 Å². The van der Waals surface area contributed by atoms with E-state index in [2.05, 4.69) is 0 Å². The maximum Gasteiger partial charge on any atom is 0.234 e. The van der Waals surface area contributed by atoms with Gasteiger partial charge in [-0.25, -0.2) is 0 Å². The summed E-state index contributed by atoms with van der Waals surface area (Å²) >= 11 is 0. The Labute approximate surface area is 89.7 Å². The SMILES string of the molecule is CCN(C(=O)CC(C)=O)c1ccccc1. The molecule has 0 fully saturated rings. The summed E-state index contributed by atoms with van der Waals surface area (Å²) in [5.74, 6) is -0.245. The molecule has 0 aliphatic rings. The second-order valence-corrected chi connectivity index (χ2v) is 3.35. The first-order valence-corrected chi connectivity index (χ1v) is 5.00. The molecule has 0 bridgehead atoms. The Bertz CT molecular complexity index is 346. The third kappa shape index (κ3) is 3.20. The molecule has 3 heteroatoms. The molecule has 0 N–H and O–H groups in total. The van der Waals surface area contributed by atoms with E-state index in [4.69, 9.17) is 0 Å². The van der Waals surface area contributed by atoms with Crippen LogP contribution in [0.3, 0.4) is 0 Å². The first-order chi connectivity index (χ1) is 7.15. The van der Waals surface area contributed by atoms with Crippen LogP contribution in [0.15, 0.2) is 30.3 Å². The van der Waals surface area contributed by atoms with E-state index in [9.17, 15) is 9.59 Å². The van der Waals surface area contributed by atoms with E-state index < -0.39 is 0 Å². The van der Waals surface area contributed by atoms with Crippen molar-refractivity contribution in [2.45, 2.75) is 20.3 Å². The summed E-state index contributed by atoms with van der Waals surface area (Å²) in [6, 6.07) is 9.37. The Morgan fingerprint density at radius 1 is 1.20 bits per heavy atom. The summed E-state index contributed by atoms with van der Waals surface area (Å²) in [6.45, 7) is 3.90. The summed E-state index contributed by atoms with van der Waals surface area (Å²) in [4.78, 5) is 24.2. The van der Waals surface area contributed by atoms with E-state index >= 15 is 0 Å². The summed E-state index contributed by atoms with van der Waals surface area (Å²) in [5, 5.41) is 0. The molecule has 0 aromatic heterocycles. The van der Waals surface area contributed by atoms with E-state index in [0.29, 0.717) is 6.54 Å². The number of ketones is 1. The molecule has 0 aliphatic carbocycles. The minimum Gasteiger partial charge on any atom is -0.312 e. The van der Waals surface area contributed by atoms with Gasteiger partial charge in [0.1, 0.15) is 5.78 Å². The lowest BCUT2D eigenvalue weighted by Crippen LogP contribution is -2.31. The molecule has 3 nitrogen and oxygen atoms in total. The maximum absolute atomic E-state index is 11.7. The molecule has 0 heterocycles. The molecule has 0 saturated heterocycles. The van der Waals surface area contributed by atoms with Crippen molar-refractivity contribution in [3.63, 3.8) is 0 Å². The van der Waals surface area contributed by atoms with Gasteiger partial charge in [0.15, 0.2) is 0 Å². The van der Waals surface area contributed by atoms with Crippen molar-refractivity contribution in [2.75, 3.05) is 11.4 Å². The topological polar surface area (TPSA) is 37.4 Å². The number of hydrogen-bond donors (Lipinski definition) is 0. The molecule has 1 rings (SSSR count). The highest BCUT2D eigenvalue weighted by atomic mass is 16.2. The first-order valence-electron chi connectivity index (χ1n) is 5.00. The lowest BCUT2D eigenvalue weighted by Gasteiger charge is -2.20. The van der Waals surface area contributed by atoms with Crippen molar-refractivity contribution in [1.29, 1.82) is 0 Å². The number of anilines is 1. The first kappa shape index (κ1) is 11.4. The van der Waals surface area contributed by atoms with Gasteiger partial charge in [0.05, 0.1) is 6.42 Å². The van der Waals surface area contributed by atoms with Gasteiger partial charge in [-0.3, -0.25) is 9.59 Å². The number of para-hydroxylation sites is 1. The van der Waals surface area contributed by atoms with Crippen LogP contribution in [0.2, 0.25) is 0 Å². The van der Waals surface area contributed by atoms with E-state index in [1.165, 1.54) is 6.92 Å². The minimum absolute atomic E-state index is 0.0251. The standard InChI is InChI=1S/C12H15NO2/c1-3-13(12(15)9-10(2)14)11-7-5-4-6-8-11/h4-8H,3,9H2,1-2H3. The van der Waals surface area contributed by atoms with Gasteiger partial charge in [0.25, 0.3) is 0 Å². The van der Waals surface area contributed by atoms with Crippen LogP contribution in [0.1, 0.15) is 20.3 Å².